The second-order valence-corrected chi connectivity index (χ2v) is 9.86. The molecule has 0 saturated carbocycles. The van der Waals surface area contributed by atoms with E-state index < -0.39 is 29.8 Å². The Labute approximate surface area is 240 Å². The van der Waals surface area contributed by atoms with Crippen molar-refractivity contribution in [2.24, 2.45) is 5.92 Å². The van der Waals surface area contributed by atoms with Crippen molar-refractivity contribution < 1.29 is 23.5 Å². The summed E-state index contributed by atoms with van der Waals surface area (Å²) >= 11 is 6.16. The maximum absolute atomic E-state index is 14.5. The van der Waals surface area contributed by atoms with Crippen LogP contribution in [0.5, 0.6) is 0 Å². The third kappa shape index (κ3) is 8.56. The van der Waals surface area contributed by atoms with E-state index in [9.17, 15) is 18.8 Å². The summed E-state index contributed by atoms with van der Waals surface area (Å²) in [6.07, 6.45) is 6.55. The van der Waals surface area contributed by atoms with E-state index in [-0.39, 0.29) is 11.4 Å². The van der Waals surface area contributed by atoms with Crippen molar-refractivity contribution in [3.8, 4) is 5.69 Å². The van der Waals surface area contributed by atoms with Gasteiger partial charge in [-0.3, -0.25) is 14.9 Å². The van der Waals surface area contributed by atoms with Crippen LogP contribution in [0.2, 0.25) is 5.02 Å². The number of tetrazole rings is 1. The van der Waals surface area contributed by atoms with Gasteiger partial charge in [0.15, 0.2) is 0 Å². The van der Waals surface area contributed by atoms with Gasteiger partial charge in [-0.05, 0) is 97.6 Å². The molecule has 2 heterocycles. The van der Waals surface area contributed by atoms with E-state index in [4.69, 9.17) is 11.6 Å². The molecule has 14 heteroatoms. The largest absolute Gasteiger partial charge is 0.453 e. The molecule has 12 nitrogen and oxygen atoms in total. The van der Waals surface area contributed by atoms with Gasteiger partial charge in [-0.25, -0.2) is 9.18 Å². The van der Waals surface area contributed by atoms with E-state index in [2.05, 4.69) is 41.5 Å². The number of nitrogens with one attached hydrogen (secondary N) is 4. The number of hydrogen-bond acceptors (Lipinski definition) is 8. The lowest BCUT2D eigenvalue weighted by Gasteiger charge is -2.25. The van der Waals surface area contributed by atoms with Crippen molar-refractivity contribution in [1.29, 1.82) is 0 Å². The Morgan fingerprint density at radius 3 is 2.71 bits per heavy atom. The molecule has 0 aliphatic carbocycles. The smallest absolute Gasteiger partial charge is 0.411 e. The van der Waals surface area contributed by atoms with Crippen molar-refractivity contribution >= 4 is 47.0 Å². The molecule has 1 aromatic heterocycles. The van der Waals surface area contributed by atoms with Gasteiger partial charge in [0.1, 0.15) is 18.2 Å². The first kappa shape index (κ1) is 29.6. The van der Waals surface area contributed by atoms with Crippen LogP contribution in [0, 0.1) is 11.7 Å². The maximum Gasteiger partial charge on any atom is 0.411 e. The normalized spacial score (nSPS) is 14.4. The highest BCUT2D eigenvalue weighted by Crippen LogP contribution is 2.23. The molecule has 1 atom stereocenters. The van der Waals surface area contributed by atoms with Crippen LogP contribution < -0.4 is 21.3 Å². The monoisotopic (exact) mass is 584 g/mol. The zero-order valence-electron chi connectivity index (χ0n) is 22.3. The van der Waals surface area contributed by atoms with Gasteiger partial charge in [0.25, 0.3) is 0 Å². The van der Waals surface area contributed by atoms with Gasteiger partial charge in [-0.2, -0.15) is 4.68 Å². The van der Waals surface area contributed by atoms with Gasteiger partial charge in [0.2, 0.25) is 11.8 Å². The number of hydrogen-bond donors (Lipinski definition) is 4. The number of carbonyl (C=O) groups excluding carboxylic acids is 3. The third-order valence-corrected chi connectivity index (χ3v) is 6.85. The zero-order chi connectivity index (χ0) is 29.2. The van der Waals surface area contributed by atoms with Gasteiger partial charge >= 0.3 is 6.09 Å². The summed E-state index contributed by atoms with van der Waals surface area (Å²) in [6.45, 7) is 1.82. The molecular weight excluding hydrogens is 555 g/mol. The van der Waals surface area contributed by atoms with Crippen molar-refractivity contribution in [3.05, 3.63) is 65.2 Å². The first-order valence-corrected chi connectivity index (χ1v) is 13.4. The minimum atomic E-state index is -0.878. The average Bonchev–Trinajstić information content (AvgIpc) is 3.51. The molecule has 3 aromatic rings. The number of methoxy groups -OCH3 is 1. The number of anilines is 2. The number of amides is 3. The molecule has 2 aromatic carbocycles. The number of halogens is 2. The zero-order valence-corrected chi connectivity index (χ0v) is 23.0. The number of ether oxygens (including phenoxy) is 1. The number of nitrogens with zero attached hydrogens (tertiary/aromatic N) is 4. The second kappa shape index (κ2) is 14.3. The predicted molar refractivity (Wildman–Crippen MR) is 151 cm³/mol. The molecule has 0 radical (unpaired) electrons. The van der Waals surface area contributed by atoms with E-state index in [1.54, 1.807) is 24.3 Å². The molecule has 1 unspecified atom stereocenters. The fraction of sp³-hybridized carbons (Fsp3) is 0.333. The summed E-state index contributed by atoms with van der Waals surface area (Å²) in [5, 5.41) is 22.6. The Bertz CT molecular complexity index is 1400. The highest BCUT2D eigenvalue weighted by molar-refractivity contribution is 6.30. The quantitative estimate of drug-likeness (QED) is 0.264. The minimum Gasteiger partial charge on any atom is -0.453 e. The second-order valence-electron chi connectivity index (χ2n) is 9.42. The Morgan fingerprint density at radius 1 is 1.20 bits per heavy atom. The Hall–Kier alpha value is -4.36. The summed E-state index contributed by atoms with van der Waals surface area (Å²) in [7, 11) is 1.16. The Morgan fingerprint density at radius 2 is 2.00 bits per heavy atom. The number of rotatable bonds is 10. The van der Waals surface area contributed by atoms with E-state index in [1.807, 2.05) is 0 Å². The molecule has 216 valence electrons. The maximum atomic E-state index is 14.5. The number of benzene rings is 2. The van der Waals surface area contributed by atoms with Crippen LogP contribution >= 0.6 is 11.6 Å². The fourth-order valence-corrected chi connectivity index (χ4v) is 4.63. The van der Waals surface area contributed by atoms with Crippen LogP contribution in [0.25, 0.3) is 11.8 Å². The van der Waals surface area contributed by atoms with Crippen LogP contribution in [0.4, 0.5) is 20.6 Å². The van der Waals surface area contributed by atoms with Crippen molar-refractivity contribution in [2.45, 2.75) is 31.7 Å². The Kier molecular flexibility index (Phi) is 10.3. The first-order chi connectivity index (χ1) is 19.8. The number of piperidine rings is 1. The molecule has 4 rings (SSSR count). The van der Waals surface area contributed by atoms with Crippen molar-refractivity contribution in [1.82, 2.24) is 30.8 Å². The highest BCUT2D eigenvalue weighted by atomic mass is 35.5. The molecular formula is C27H30ClFN8O4. The molecule has 0 bridgehead atoms. The number of carbonyl (C=O) groups is 3. The van der Waals surface area contributed by atoms with Crippen molar-refractivity contribution in [3.63, 3.8) is 0 Å². The molecule has 41 heavy (non-hydrogen) atoms. The third-order valence-electron chi connectivity index (χ3n) is 6.61. The molecule has 3 amide bonds. The fourth-order valence-electron chi connectivity index (χ4n) is 4.45. The number of aromatic nitrogens is 4. The van der Waals surface area contributed by atoms with Gasteiger partial charge < -0.3 is 20.7 Å². The van der Waals surface area contributed by atoms with Crippen LogP contribution in [0.15, 0.2) is 48.8 Å². The van der Waals surface area contributed by atoms with Crippen molar-refractivity contribution in [2.75, 3.05) is 30.8 Å². The van der Waals surface area contributed by atoms with Gasteiger partial charge in [0, 0.05) is 22.3 Å². The summed E-state index contributed by atoms with van der Waals surface area (Å²) in [5.41, 5.74) is 1.27. The highest BCUT2D eigenvalue weighted by Gasteiger charge is 2.23. The topological polar surface area (TPSA) is 152 Å². The summed E-state index contributed by atoms with van der Waals surface area (Å²) in [5.74, 6) is -1.33. The summed E-state index contributed by atoms with van der Waals surface area (Å²) < 4.78 is 20.4. The van der Waals surface area contributed by atoms with Crippen LogP contribution in [0.3, 0.4) is 0 Å². The standard InChI is InChI=1S/C27H30ClFN8O4/c1-41-27(40)34-22-7-5-20(15-21(22)29)32-26(39)23(6-2-17-10-12-30-13-11-17)33-25(38)9-3-18-14-19(28)4-8-24(18)37-16-31-35-36-37/h3-5,7-9,14-17,23,30H,2,6,10-13H2,1H3,(H,32,39)(H,33,38)(H,34,40). The van der Waals surface area contributed by atoms with Gasteiger partial charge in [-0.1, -0.05) is 11.6 Å². The van der Waals surface area contributed by atoms with E-state index in [0.717, 1.165) is 45.5 Å². The lowest BCUT2D eigenvalue weighted by molar-refractivity contribution is -0.124. The molecule has 0 spiro atoms. The lowest BCUT2D eigenvalue weighted by atomic mass is 9.91. The lowest BCUT2D eigenvalue weighted by Crippen LogP contribution is -2.43. The van der Waals surface area contributed by atoms with Crippen LogP contribution in [0.1, 0.15) is 31.2 Å². The molecule has 1 aliphatic rings. The van der Waals surface area contributed by atoms with E-state index >= 15 is 0 Å². The Balaban J connectivity index is 1.47. The van der Waals surface area contributed by atoms with Crippen LogP contribution in [-0.2, 0) is 14.3 Å². The molecule has 1 saturated heterocycles. The molecule has 1 fully saturated rings. The minimum absolute atomic E-state index is 0.0993. The van der Waals surface area contributed by atoms with E-state index in [0.29, 0.717) is 28.6 Å². The summed E-state index contributed by atoms with van der Waals surface area (Å²) in [6, 6.07) is 8.01. The summed E-state index contributed by atoms with van der Waals surface area (Å²) in [4.78, 5) is 37.6. The van der Waals surface area contributed by atoms with Crippen LogP contribution in [-0.4, -0.2) is 64.4 Å². The first-order valence-electron chi connectivity index (χ1n) is 13.0. The van der Waals surface area contributed by atoms with Gasteiger partial charge in [-0.15, -0.1) is 5.10 Å². The van der Waals surface area contributed by atoms with Gasteiger partial charge in [0.05, 0.1) is 18.5 Å². The van der Waals surface area contributed by atoms with E-state index in [1.165, 1.54) is 29.2 Å². The SMILES string of the molecule is COC(=O)Nc1ccc(NC(=O)C(CCC2CCNCC2)NC(=O)C=Cc2cc(Cl)ccc2-n2cnnn2)cc1F. The average molecular weight is 585 g/mol. The predicted octanol–water partition coefficient (Wildman–Crippen LogP) is 3.55. The molecule has 1 aliphatic heterocycles. The molecule has 4 N–H and O–H groups in total.